The molecule has 126 valence electrons. The molecule has 1 N–H and O–H groups in total. The van der Waals surface area contributed by atoms with E-state index in [2.05, 4.69) is 5.32 Å². The zero-order chi connectivity index (χ0) is 16.1. The van der Waals surface area contributed by atoms with Crippen LogP contribution in [0, 0.1) is 0 Å². The van der Waals surface area contributed by atoms with E-state index in [1.165, 1.54) is 0 Å². The molecule has 2 amide bonds. The van der Waals surface area contributed by atoms with Gasteiger partial charge in [0.2, 0.25) is 0 Å². The Morgan fingerprint density at radius 2 is 2.22 bits per heavy atom. The highest BCUT2D eigenvalue weighted by Crippen LogP contribution is 2.24. The summed E-state index contributed by atoms with van der Waals surface area (Å²) in [6.07, 6.45) is 2.81. The van der Waals surface area contributed by atoms with Gasteiger partial charge in [-0.1, -0.05) is 29.8 Å². The lowest BCUT2D eigenvalue weighted by molar-refractivity contribution is -0.0856. The van der Waals surface area contributed by atoms with Crippen molar-refractivity contribution >= 4 is 17.6 Å². The van der Waals surface area contributed by atoms with Crippen molar-refractivity contribution in [3.05, 3.63) is 34.9 Å². The Labute approximate surface area is 141 Å². The van der Waals surface area contributed by atoms with Gasteiger partial charge in [0.25, 0.3) is 0 Å². The van der Waals surface area contributed by atoms with Crippen LogP contribution in [0.25, 0.3) is 0 Å². The molecule has 2 atom stereocenters. The first kappa shape index (κ1) is 16.6. The van der Waals surface area contributed by atoms with E-state index in [4.69, 9.17) is 21.1 Å². The largest absolute Gasteiger partial charge is 0.376 e. The summed E-state index contributed by atoms with van der Waals surface area (Å²) >= 11 is 6.24. The molecule has 23 heavy (non-hydrogen) atoms. The summed E-state index contributed by atoms with van der Waals surface area (Å²) in [5, 5.41) is 3.74. The van der Waals surface area contributed by atoms with Gasteiger partial charge in [-0.3, -0.25) is 0 Å². The lowest BCUT2D eigenvalue weighted by atomic mass is 10.0. The number of hydrogen-bond donors (Lipinski definition) is 1. The SMILES string of the molecule is O=C(NC[C@H]1COCCO1)N1CCC[C@H]1Cc1ccccc1Cl. The van der Waals surface area contributed by atoms with Crippen molar-refractivity contribution in [2.75, 3.05) is 32.9 Å². The molecule has 0 aromatic heterocycles. The zero-order valence-corrected chi connectivity index (χ0v) is 13.9. The fourth-order valence-electron chi connectivity index (χ4n) is 3.19. The van der Waals surface area contributed by atoms with Crippen molar-refractivity contribution < 1.29 is 14.3 Å². The third kappa shape index (κ3) is 4.37. The van der Waals surface area contributed by atoms with E-state index < -0.39 is 0 Å². The molecule has 5 nitrogen and oxygen atoms in total. The molecule has 2 saturated heterocycles. The summed E-state index contributed by atoms with van der Waals surface area (Å²) in [5.74, 6) is 0. The van der Waals surface area contributed by atoms with E-state index >= 15 is 0 Å². The molecule has 0 bridgehead atoms. The van der Waals surface area contributed by atoms with Crippen LogP contribution in [0.4, 0.5) is 4.79 Å². The average molecular weight is 339 g/mol. The zero-order valence-electron chi connectivity index (χ0n) is 13.2. The molecule has 0 unspecified atom stereocenters. The number of hydrogen-bond acceptors (Lipinski definition) is 3. The quantitative estimate of drug-likeness (QED) is 0.917. The fourth-order valence-corrected chi connectivity index (χ4v) is 3.40. The Balaban J connectivity index is 1.53. The van der Waals surface area contributed by atoms with Crippen LogP contribution in [-0.2, 0) is 15.9 Å². The maximum Gasteiger partial charge on any atom is 0.317 e. The fraction of sp³-hybridized carbons (Fsp3) is 0.588. The van der Waals surface area contributed by atoms with Gasteiger partial charge in [-0.15, -0.1) is 0 Å². The predicted molar refractivity (Wildman–Crippen MR) is 88.8 cm³/mol. The van der Waals surface area contributed by atoms with Gasteiger partial charge in [0.05, 0.1) is 25.9 Å². The van der Waals surface area contributed by atoms with Gasteiger partial charge in [-0.25, -0.2) is 4.79 Å². The Morgan fingerprint density at radius 3 is 3.00 bits per heavy atom. The number of amides is 2. The van der Waals surface area contributed by atoms with Gasteiger partial charge < -0.3 is 19.7 Å². The Bertz CT molecular complexity index is 534. The minimum atomic E-state index is -0.0441. The first-order valence-corrected chi connectivity index (χ1v) is 8.59. The van der Waals surface area contributed by atoms with Gasteiger partial charge in [-0.2, -0.15) is 0 Å². The molecule has 2 fully saturated rings. The molecular formula is C17H23ClN2O3. The van der Waals surface area contributed by atoms with Crippen LogP contribution in [0.5, 0.6) is 0 Å². The highest BCUT2D eigenvalue weighted by molar-refractivity contribution is 6.31. The molecule has 0 saturated carbocycles. The number of urea groups is 1. The smallest absolute Gasteiger partial charge is 0.317 e. The van der Waals surface area contributed by atoms with Gasteiger partial charge in [0.1, 0.15) is 0 Å². The lowest BCUT2D eigenvalue weighted by Crippen LogP contribution is -2.47. The van der Waals surface area contributed by atoms with Gasteiger partial charge in [0.15, 0.2) is 0 Å². The molecule has 1 aromatic carbocycles. The number of nitrogens with one attached hydrogen (secondary N) is 1. The second-order valence-corrected chi connectivity index (χ2v) is 6.45. The molecule has 0 radical (unpaired) electrons. The van der Waals surface area contributed by atoms with Crippen molar-refractivity contribution in [1.82, 2.24) is 10.2 Å². The van der Waals surface area contributed by atoms with Crippen LogP contribution in [0.15, 0.2) is 24.3 Å². The number of carbonyl (C=O) groups excluding carboxylic acids is 1. The topological polar surface area (TPSA) is 50.8 Å². The monoisotopic (exact) mass is 338 g/mol. The van der Waals surface area contributed by atoms with Crippen LogP contribution in [-0.4, -0.2) is 56.0 Å². The standard InChI is InChI=1S/C17H23ClN2O3/c18-16-6-2-1-4-13(16)10-14-5-3-7-20(14)17(21)19-11-15-12-22-8-9-23-15/h1-2,4,6,14-15H,3,5,7-12H2,(H,19,21)/t14-,15-/m0/s1. The van der Waals surface area contributed by atoms with E-state index in [-0.39, 0.29) is 18.2 Å². The highest BCUT2D eigenvalue weighted by atomic mass is 35.5. The van der Waals surface area contributed by atoms with Crippen molar-refractivity contribution in [3.63, 3.8) is 0 Å². The van der Waals surface area contributed by atoms with Gasteiger partial charge in [-0.05, 0) is 30.9 Å². The molecule has 1 aromatic rings. The van der Waals surface area contributed by atoms with Crippen LogP contribution in [0.3, 0.4) is 0 Å². The second-order valence-electron chi connectivity index (χ2n) is 6.04. The summed E-state index contributed by atoms with van der Waals surface area (Å²) in [4.78, 5) is 14.4. The summed E-state index contributed by atoms with van der Waals surface area (Å²) in [5.41, 5.74) is 1.10. The Hall–Kier alpha value is -1.30. The molecule has 0 spiro atoms. The maximum atomic E-state index is 12.5. The third-order valence-corrected chi connectivity index (χ3v) is 4.79. The van der Waals surface area contributed by atoms with Gasteiger partial charge in [0, 0.05) is 24.2 Å². The molecule has 3 rings (SSSR count). The summed E-state index contributed by atoms with van der Waals surface area (Å²) in [7, 11) is 0. The molecule has 2 aliphatic rings. The summed E-state index contributed by atoms with van der Waals surface area (Å²) < 4.78 is 10.9. The van der Waals surface area contributed by atoms with E-state index in [1.54, 1.807) is 0 Å². The third-order valence-electron chi connectivity index (χ3n) is 4.42. The number of ether oxygens (including phenoxy) is 2. The Morgan fingerprint density at radius 1 is 1.35 bits per heavy atom. The number of nitrogens with zero attached hydrogens (tertiary/aromatic N) is 1. The summed E-state index contributed by atoms with van der Waals surface area (Å²) in [6, 6.07) is 8.03. The highest BCUT2D eigenvalue weighted by Gasteiger charge is 2.29. The van der Waals surface area contributed by atoms with Crippen molar-refractivity contribution in [1.29, 1.82) is 0 Å². The first-order valence-electron chi connectivity index (χ1n) is 8.21. The average Bonchev–Trinajstić information content (AvgIpc) is 3.04. The maximum absolute atomic E-state index is 12.5. The van der Waals surface area contributed by atoms with E-state index in [0.29, 0.717) is 26.4 Å². The Kier molecular flexibility index (Phi) is 5.75. The van der Waals surface area contributed by atoms with Crippen molar-refractivity contribution in [2.45, 2.75) is 31.4 Å². The van der Waals surface area contributed by atoms with Crippen LogP contribution in [0.2, 0.25) is 5.02 Å². The van der Waals surface area contributed by atoms with Crippen LogP contribution >= 0.6 is 11.6 Å². The number of halogens is 1. The minimum Gasteiger partial charge on any atom is -0.376 e. The number of likely N-dealkylation sites (tertiary alicyclic amines) is 1. The molecule has 6 heteroatoms. The molecular weight excluding hydrogens is 316 g/mol. The second kappa shape index (κ2) is 7.99. The number of rotatable bonds is 4. The van der Waals surface area contributed by atoms with E-state index in [0.717, 1.165) is 36.4 Å². The molecule has 0 aliphatic carbocycles. The lowest BCUT2D eigenvalue weighted by Gasteiger charge is -2.28. The minimum absolute atomic E-state index is 0.0197. The number of carbonyl (C=O) groups is 1. The normalized spacial score (nSPS) is 24.7. The summed E-state index contributed by atoms with van der Waals surface area (Å²) in [6.45, 7) is 3.07. The molecule has 2 heterocycles. The van der Waals surface area contributed by atoms with Crippen molar-refractivity contribution in [3.8, 4) is 0 Å². The first-order chi connectivity index (χ1) is 11.2. The molecule has 2 aliphatic heterocycles. The van der Waals surface area contributed by atoms with Crippen LogP contribution < -0.4 is 5.32 Å². The van der Waals surface area contributed by atoms with Crippen molar-refractivity contribution in [2.24, 2.45) is 0 Å². The predicted octanol–water partition coefficient (Wildman–Crippen LogP) is 2.47. The van der Waals surface area contributed by atoms with E-state index in [9.17, 15) is 4.79 Å². The van der Waals surface area contributed by atoms with Gasteiger partial charge >= 0.3 is 6.03 Å². The van der Waals surface area contributed by atoms with E-state index in [1.807, 2.05) is 29.2 Å². The number of benzene rings is 1. The van der Waals surface area contributed by atoms with Crippen LogP contribution in [0.1, 0.15) is 18.4 Å².